The molecule has 0 N–H and O–H groups in total. The molecule has 0 radical (unpaired) electrons. The van der Waals surface area contributed by atoms with Crippen LogP contribution in [-0.2, 0) is 6.54 Å². The number of anilines is 1. The van der Waals surface area contributed by atoms with E-state index in [1.165, 1.54) is 24.3 Å². The van der Waals surface area contributed by atoms with Gasteiger partial charge in [-0.25, -0.2) is 4.39 Å². The van der Waals surface area contributed by atoms with Crippen LogP contribution >= 0.6 is 0 Å². The van der Waals surface area contributed by atoms with Crippen molar-refractivity contribution < 1.29 is 27.1 Å². The second-order valence-electron chi connectivity index (χ2n) is 7.13. The number of carbonyl (C=O) groups is 1. The molecule has 1 aromatic heterocycles. The van der Waals surface area contributed by atoms with Crippen LogP contribution in [0.25, 0.3) is 10.9 Å². The summed E-state index contributed by atoms with van der Waals surface area (Å²) in [5.41, 5.74) is 2.45. The lowest BCUT2D eigenvalue weighted by molar-refractivity contribution is -0.274. The molecule has 0 fully saturated rings. The van der Waals surface area contributed by atoms with E-state index in [0.717, 1.165) is 11.2 Å². The minimum absolute atomic E-state index is 0.264. The van der Waals surface area contributed by atoms with Crippen LogP contribution in [0.2, 0.25) is 0 Å². The summed E-state index contributed by atoms with van der Waals surface area (Å²) < 4.78 is 57.3. The maximum atomic E-state index is 13.7. The number of amides is 1. The van der Waals surface area contributed by atoms with Gasteiger partial charge in [0.15, 0.2) is 0 Å². The molecule has 5 rings (SSSR count). The number of rotatable bonds is 1. The van der Waals surface area contributed by atoms with Crippen LogP contribution in [0.15, 0.2) is 42.5 Å². The van der Waals surface area contributed by atoms with Gasteiger partial charge < -0.3 is 19.1 Å². The van der Waals surface area contributed by atoms with Crippen molar-refractivity contribution in [2.24, 2.45) is 0 Å². The number of carbonyl (C=O) groups excluding carboxylic acids is 1. The molecule has 0 aliphatic carbocycles. The lowest BCUT2D eigenvalue weighted by Gasteiger charge is -2.46. The molecular formula is C20H15F4N3O2. The van der Waals surface area contributed by atoms with E-state index in [0.29, 0.717) is 29.7 Å². The van der Waals surface area contributed by atoms with E-state index in [1.807, 2.05) is 16.5 Å². The van der Waals surface area contributed by atoms with Gasteiger partial charge >= 0.3 is 6.36 Å². The van der Waals surface area contributed by atoms with Gasteiger partial charge in [-0.1, -0.05) is 0 Å². The quantitative estimate of drug-likeness (QED) is 0.567. The number of fused-ring (bicyclic) bond motifs is 6. The van der Waals surface area contributed by atoms with Crippen LogP contribution in [0, 0.1) is 5.82 Å². The molecule has 0 saturated heterocycles. The first-order valence-electron chi connectivity index (χ1n) is 8.95. The van der Waals surface area contributed by atoms with Gasteiger partial charge in [0.2, 0.25) is 0 Å². The molecule has 0 saturated carbocycles. The van der Waals surface area contributed by atoms with Gasteiger partial charge in [-0.2, -0.15) is 0 Å². The number of alkyl halides is 3. The lowest BCUT2D eigenvalue weighted by atomic mass is 10.0. The Kier molecular flexibility index (Phi) is 3.62. The minimum Gasteiger partial charge on any atom is -0.406 e. The number of benzene rings is 2. The predicted molar refractivity (Wildman–Crippen MR) is 97.2 cm³/mol. The summed E-state index contributed by atoms with van der Waals surface area (Å²) in [6.07, 6.45) is -5.20. The highest BCUT2D eigenvalue weighted by Crippen LogP contribution is 2.42. The van der Waals surface area contributed by atoms with E-state index < -0.39 is 18.3 Å². The summed E-state index contributed by atoms with van der Waals surface area (Å²) in [7, 11) is 1.81. The largest absolute Gasteiger partial charge is 0.573 e. The normalized spacial score (nSPS) is 18.5. The van der Waals surface area contributed by atoms with Crippen LogP contribution in [0.3, 0.4) is 0 Å². The first-order chi connectivity index (χ1) is 13.7. The Balaban J connectivity index is 1.62. The van der Waals surface area contributed by atoms with E-state index in [1.54, 1.807) is 23.1 Å². The number of aromatic nitrogens is 1. The van der Waals surface area contributed by atoms with E-state index in [2.05, 4.69) is 4.74 Å². The van der Waals surface area contributed by atoms with Crippen molar-refractivity contribution in [2.75, 3.05) is 18.5 Å². The van der Waals surface area contributed by atoms with Crippen LogP contribution in [-0.4, -0.2) is 35.3 Å². The number of hydrogen-bond donors (Lipinski definition) is 0. The van der Waals surface area contributed by atoms with Crippen molar-refractivity contribution in [3.63, 3.8) is 0 Å². The Morgan fingerprint density at radius 2 is 1.86 bits per heavy atom. The maximum absolute atomic E-state index is 13.7. The molecular weight excluding hydrogens is 390 g/mol. The fourth-order valence-corrected chi connectivity index (χ4v) is 4.31. The van der Waals surface area contributed by atoms with Gasteiger partial charge in [0.05, 0.1) is 16.9 Å². The number of nitrogens with zero attached hydrogens (tertiary/aromatic N) is 3. The topological polar surface area (TPSA) is 37.7 Å². The Morgan fingerprint density at radius 1 is 1.07 bits per heavy atom. The molecule has 3 heterocycles. The van der Waals surface area contributed by atoms with Gasteiger partial charge in [0.1, 0.15) is 17.7 Å². The third kappa shape index (κ3) is 2.72. The lowest BCUT2D eigenvalue weighted by Crippen LogP contribution is -2.52. The number of ether oxygens (including phenoxy) is 1. The van der Waals surface area contributed by atoms with Gasteiger partial charge in [0, 0.05) is 31.0 Å². The van der Waals surface area contributed by atoms with Crippen molar-refractivity contribution in [2.45, 2.75) is 19.1 Å². The van der Waals surface area contributed by atoms with Crippen LogP contribution < -0.4 is 9.64 Å². The third-order valence-electron chi connectivity index (χ3n) is 5.46. The van der Waals surface area contributed by atoms with E-state index in [4.69, 9.17) is 0 Å². The Bertz CT molecular complexity index is 1150. The molecule has 29 heavy (non-hydrogen) atoms. The highest BCUT2D eigenvalue weighted by molar-refractivity contribution is 6.02. The van der Waals surface area contributed by atoms with E-state index >= 15 is 0 Å². The smallest absolute Gasteiger partial charge is 0.406 e. The molecule has 3 aromatic rings. The van der Waals surface area contributed by atoms with Crippen LogP contribution in [0.1, 0.15) is 22.2 Å². The Labute approximate surface area is 162 Å². The summed E-state index contributed by atoms with van der Waals surface area (Å²) in [5, 5.41) is 0.592. The Morgan fingerprint density at radius 3 is 2.62 bits per heavy atom. The van der Waals surface area contributed by atoms with E-state index in [9.17, 15) is 22.4 Å². The van der Waals surface area contributed by atoms with Crippen LogP contribution in [0.4, 0.5) is 23.2 Å². The molecule has 1 unspecified atom stereocenters. The zero-order valence-electron chi connectivity index (χ0n) is 15.2. The molecule has 0 bridgehead atoms. The second kappa shape index (κ2) is 5.88. The number of halogens is 4. The fourth-order valence-electron chi connectivity index (χ4n) is 4.31. The monoisotopic (exact) mass is 405 g/mol. The van der Waals surface area contributed by atoms with Crippen molar-refractivity contribution in [3.05, 3.63) is 59.5 Å². The molecule has 5 nitrogen and oxygen atoms in total. The first-order valence-corrected chi connectivity index (χ1v) is 8.95. The minimum atomic E-state index is -4.77. The number of hydrogen-bond acceptors (Lipinski definition) is 3. The Hall–Kier alpha value is -3.23. The van der Waals surface area contributed by atoms with Gasteiger partial charge in [-0.3, -0.25) is 4.79 Å². The van der Waals surface area contributed by atoms with Gasteiger partial charge in [-0.15, -0.1) is 13.2 Å². The van der Waals surface area contributed by atoms with Crippen molar-refractivity contribution >= 4 is 22.5 Å². The zero-order valence-corrected chi connectivity index (χ0v) is 15.2. The SMILES string of the molecule is CN1c2ccc(F)cc2C(=O)N2CCn3c(cc4cc(OC(F)(F)F)ccc43)C21. The van der Waals surface area contributed by atoms with Crippen molar-refractivity contribution in [3.8, 4) is 5.75 Å². The average Bonchev–Trinajstić information content (AvgIpc) is 3.01. The van der Waals surface area contributed by atoms with Crippen molar-refractivity contribution in [1.29, 1.82) is 0 Å². The van der Waals surface area contributed by atoms with Crippen molar-refractivity contribution in [1.82, 2.24) is 9.47 Å². The summed E-state index contributed by atoms with van der Waals surface area (Å²) >= 11 is 0. The fraction of sp³-hybridized carbons (Fsp3) is 0.250. The molecule has 2 aliphatic heterocycles. The summed E-state index contributed by atoms with van der Waals surface area (Å²) in [4.78, 5) is 16.5. The molecule has 2 aromatic carbocycles. The zero-order chi connectivity index (χ0) is 20.5. The average molecular weight is 405 g/mol. The summed E-state index contributed by atoms with van der Waals surface area (Å²) in [6, 6.07) is 10.1. The third-order valence-corrected chi connectivity index (χ3v) is 5.46. The summed E-state index contributed by atoms with van der Waals surface area (Å²) in [5.74, 6) is -1.04. The molecule has 0 spiro atoms. The molecule has 1 atom stereocenters. The highest BCUT2D eigenvalue weighted by atomic mass is 19.4. The summed E-state index contributed by atoms with van der Waals surface area (Å²) in [6.45, 7) is 0.889. The van der Waals surface area contributed by atoms with E-state index in [-0.39, 0.29) is 11.7 Å². The maximum Gasteiger partial charge on any atom is 0.573 e. The predicted octanol–water partition coefficient (Wildman–Crippen LogP) is 4.28. The standard InChI is InChI=1S/C20H15F4N3O2/c1-25-16-4-2-12(21)10-14(16)19(28)27-7-6-26-15-5-3-13(29-20(22,23)24)8-11(15)9-17(26)18(25)27/h2-5,8-10,18H,6-7H2,1H3. The van der Waals surface area contributed by atoms with Gasteiger partial charge in [-0.05, 0) is 42.5 Å². The first kappa shape index (κ1) is 17.8. The second-order valence-corrected chi connectivity index (χ2v) is 7.13. The molecule has 2 aliphatic rings. The highest BCUT2D eigenvalue weighted by Gasteiger charge is 2.41. The molecule has 1 amide bonds. The van der Waals surface area contributed by atoms with Crippen LogP contribution in [0.5, 0.6) is 5.75 Å². The van der Waals surface area contributed by atoms with Gasteiger partial charge in [0.25, 0.3) is 5.91 Å². The molecule has 9 heteroatoms. The molecule has 150 valence electrons.